The molecule has 6 heteroatoms. The van der Waals surface area contributed by atoms with Crippen LogP contribution in [0.5, 0.6) is 0 Å². The Bertz CT molecular complexity index is 307. The van der Waals surface area contributed by atoms with Crippen molar-refractivity contribution in [1.82, 2.24) is 10.6 Å². The zero-order valence-electron chi connectivity index (χ0n) is 9.58. The minimum absolute atomic E-state index is 0.0336. The normalized spacial score (nSPS) is 27.8. The van der Waals surface area contributed by atoms with E-state index in [9.17, 15) is 9.59 Å². The van der Waals surface area contributed by atoms with Crippen molar-refractivity contribution in [1.29, 1.82) is 0 Å². The molecule has 2 fully saturated rings. The maximum Gasteiger partial charge on any atom is 0.321 e. The van der Waals surface area contributed by atoms with Crippen molar-refractivity contribution in [2.24, 2.45) is 5.92 Å². The molecule has 5 nitrogen and oxygen atoms in total. The minimum atomic E-state index is -0.443. The fraction of sp³-hybridized carbons (Fsp3) is 0.818. The molecule has 1 aliphatic heterocycles. The van der Waals surface area contributed by atoms with Gasteiger partial charge in [0.05, 0.1) is 12.1 Å². The van der Waals surface area contributed by atoms with Gasteiger partial charge in [-0.25, -0.2) is 4.79 Å². The van der Waals surface area contributed by atoms with Crippen LogP contribution in [0.25, 0.3) is 0 Å². The Labute approximate surface area is 105 Å². The van der Waals surface area contributed by atoms with Crippen LogP contribution in [0.4, 0.5) is 4.79 Å². The molecule has 1 saturated carbocycles. The van der Waals surface area contributed by atoms with Gasteiger partial charge in [-0.15, -0.1) is 11.6 Å². The molecular weight excluding hydrogens is 244 g/mol. The number of alkyl halides is 1. The molecule has 1 aliphatic carbocycles. The lowest BCUT2D eigenvalue weighted by molar-refractivity contribution is -0.119. The van der Waals surface area contributed by atoms with Crippen LogP contribution in [-0.4, -0.2) is 36.6 Å². The van der Waals surface area contributed by atoms with Gasteiger partial charge in [0.2, 0.25) is 5.91 Å². The van der Waals surface area contributed by atoms with Crippen molar-refractivity contribution in [3.63, 3.8) is 0 Å². The molecular formula is C11H17ClN2O3. The zero-order valence-corrected chi connectivity index (χ0v) is 10.3. The standard InChI is InChI=1S/C11H17ClN2O3/c12-5-3-9(15)14-11(16)13-8-4-6-17-10(8)7-1-2-7/h7-8,10H,1-6H2,(H2,13,14,15,16). The van der Waals surface area contributed by atoms with E-state index in [1.54, 1.807) is 0 Å². The third kappa shape index (κ3) is 3.57. The van der Waals surface area contributed by atoms with Crippen molar-refractivity contribution >= 4 is 23.5 Å². The highest BCUT2D eigenvalue weighted by atomic mass is 35.5. The van der Waals surface area contributed by atoms with Gasteiger partial charge in [-0.2, -0.15) is 0 Å². The first-order chi connectivity index (χ1) is 8.20. The lowest BCUT2D eigenvalue weighted by atomic mass is 10.1. The highest BCUT2D eigenvalue weighted by molar-refractivity contribution is 6.19. The summed E-state index contributed by atoms with van der Waals surface area (Å²) in [7, 11) is 0. The van der Waals surface area contributed by atoms with Crippen molar-refractivity contribution in [3.05, 3.63) is 0 Å². The van der Waals surface area contributed by atoms with E-state index in [4.69, 9.17) is 16.3 Å². The second-order valence-electron chi connectivity index (χ2n) is 4.53. The molecule has 0 radical (unpaired) electrons. The third-order valence-corrected chi connectivity index (χ3v) is 3.30. The second kappa shape index (κ2) is 5.69. The molecule has 2 rings (SSSR count). The Balaban J connectivity index is 1.75. The van der Waals surface area contributed by atoms with Crippen LogP contribution in [0.15, 0.2) is 0 Å². The molecule has 1 saturated heterocycles. The van der Waals surface area contributed by atoms with Gasteiger partial charge in [0.25, 0.3) is 0 Å². The molecule has 96 valence electrons. The smallest absolute Gasteiger partial charge is 0.321 e. The van der Waals surface area contributed by atoms with Gasteiger partial charge in [-0.3, -0.25) is 10.1 Å². The summed E-state index contributed by atoms with van der Waals surface area (Å²) in [5, 5.41) is 5.06. The molecule has 3 amide bonds. The van der Waals surface area contributed by atoms with Gasteiger partial charge in [0.15, 0.2) is 0 Å². The SMILES string of the molecule is O=C(CCCl)NC(=O)NC1CCOC1C1CC1. The molecule has 2 aliphatic rings. The number of amides is 3. The summed E-state index contributed by atoms with van der Waals surface area (Å²) in [4.78, 5) is 22.7. The average Bonchev–Trinajstić information content (AvgIpc) is 3.00. The molecule has 2 atom stereocenters. The van der Waals surface area contributed by atoms with Crippen LogP contribution in [-0.2, 0) is 9.53 Å². The Morgan fingerprint density at radius 2 is 2.06 bits per heavy atom. The number of rotatable bonds is 4. The topological polar surface area (TPSA) is 67.4 Å². The fourth-order valence-electron chi connectivity index (χ4n) is 2.13. The number of imide groups is 1. The summed E-state index contributed by atoms with van der Waals surface area (Å²) in [6.07, 6.45) is 3.45. The van der Waals surface area contributed by atoms with Crippen LogP contribution >= 0.6 is 11.6 Å². The van der Waals surface area contributed by atoms with E-state index >= 15 is 0 Å². The highest BCUT2D eigenvalue weighted by Gasteiger charge is 2.41. The highest BCUT2D eigenvalue weighted by Crippen LogP contribution is 2.38. The zero-order chi connectivity index (χ0) is 12.3. The van der Waals surface area contributed by atoms with Gasteiger partial charge in [-0.1, -0.05) is 0 Å². The number of urea groups is 1. The second-order valence-corrected chi connectivity index (χ2v) is 4.91. The number of carbonyl (C=O) groups excluding carboxylic acids is 2. The number of nitrogens with one attached hydrogen (secondary N) is 2. The lowest BCUT2D eigenvalue weighted by Crippen LogP contribution is -2.48. The summed E-state index contributed by atoms with van der Waals surface area (Å²) in [6.45, 7) is 0.682. The molecule has 2 unspecified atom stereocenters. The average molecular weight is 261 g/mol. The molecule has 0 bridgehead atoms. The van der Waals surface area contributed by atoms with Crippen molar-refractivity contribution < 1.29 is 14.3 Å². The van der Waals surface area contributed by atoms with E-state index < -0.39 is 6.03 Å². The van der Waals surface area contributed by atoms with Crippen LogP contribution < -0.4 is 10.6 Å². The number of hydrogen-bond acceptors (Lipinski definition) is 3. The fourth-order valence-corrected chi connectivity index (χ4v) is 2.31. The third-order valence-electron chi connectivity index (χ3n) is 3.11. The predicted octanol–water partition coefficient (Wildman–Crippen LogP) is 1.01. The van der Waals surface area contributed by atoms with Crippen LogP contribution in [0, 0.1) is 5.92 Å². The van der Waals surface area contributed by atoms with Gasteiger partial charge >= 0.3 is 6.03 Å². The van der Waals surface area contributed by atoms with E-state index in [-0.39, 0.29) is 30.4 Å². The number of ether oxygens (including phenoxy) is 1. The largest absolute Gasteiger partial charge is 0.376 e. The van der Waals surface area contributed by atoms with Crippen molar-refractivity contribution in [2.75, 3.05) is 12.5 Å². The molecule has 0 aromatic rings. The van der Waals surface area contributed by atoms with E-state index in [0.717, 1.165) is 6.42 Å². The molecule has 0 spiro atoms. The predicted molar refractivity (Wildman–Crippen MR) is 62.9 cm³/mol. The van der Waals surface area contributed by atoms with E-state index in [0.29, 0.717) is 12.5 Å². The maximum absolute atomic E-state index is 11.5. The monoisotopic (exact) mass is 260 g/mol. The molecule has 0 aromatic carbocycles. The van der Waals surface area contributed by atoms with Gasteiger partial charge < -0.3 is 10.1 Å². The van der Waals surface area contributed by atoms with E-state index in [1.165, 1.54) is 12.8 Å². The molecule has 2 N–H and O–H groups in total. The Kier molecular flexibility index (Phi) is 4.23. The molecule has 17 heavy (non-hydrogen) atoms. The lowest BCUT2D eigenvalue weighted by Gasteiger charge is -2.19. The van der Waals surface area contributed by atoms with Gasteiger partial charge in [0, 0.05) is 18.9 Å². The summed E-state index contributed by atoms with van der Waals surface area (Å²) in [5.41, 5.74) is 0. The molecule has 0 aromatic heterocycles. The summed E-state index contributed by atoms with van der Waals surface area (Å²) in [6, 6.07) is -0.410. The minimum Gasteiger partial charge on any atom is -0.376 e. The Morgan fingerprint density at radius 3 is 2.71 bits per heavy atom. The number of halogens is 1. The van der Waals surface area contributed by atoms with Crippen LogP contribution in [0.3, 0.4) is 0 Å². The van der Waals surface area contributed by atoms with Crippen molar-refractivity contribution in [2.45, 2.75) is 37.8 Å². The van der Waals surface area contributed by atoms with Gasteiger partial charge in [0.1, 0.15) is 0 Å². The van der Waals surface area contributed by atoms with Crippen LogP contribution in [0.1, 0.15) is 25.7 Å². The number of hydrogen-bond donors (Lipinski definition) is 2. The first-order valence-electron chi connectivity index (χ1n) is 5.98. The molecule has 1 heterocycles. The Morgan fingerprint density at radius 1 is 1.29 bits per heavy atom. The summed E-state index contributed by atoms with van der Waals surface area (Å²) >= 11 is 5.41. The van der Waals surface area contributed by atoms with E-state index in [2.05, 4.69) is 10.6 Å². The quantitative estimate of drug-likeness (QED) is 0.742. The first-order valence-corrected chi connectivity index (χ1v) is 6.52. The maximum atomic E-state index is 11.5. The van der Waals surface area contributed by atoms with E-state index in [1.807, 2.05) is 0 Å². The number of carbonyl (C=O) groups is 2. The van der Waals surface area contributed by atoms with Crippen molar-refractivity contribution in [3.8, 4) is 0 Å². The van der Waals surface area contributed by atoms with Gasteiger partial charge in [-0.05, 0) is 25.2 Å². The summed E-state index contributed by atoms with van der Waals surface area (Å²) in [5.74, 6) is 0.455. The summed E-state index contributed by atoms with van der Waals surface area (Å²) < 4.78 is 5.59. The first kappa shape index (κ1) is 12.6. The Hall–Kier alpha value is -0.810. The van der Waals surface area contributed by atoms with Crippen LogP contribution in [0.2, 0.25) is 0 Å².